The normalized spacial score (nSPS) is 13.3. The van der Waals surface area contributed by atoms with Crippen LogP contribution in [0.15, 0.2) is 48.0 Å². The van der Waals surface area contributed by atoms with Crippen LogP contribution in [0.3, 0.4) is 0 Å². The number of nitrogens with two attached hydrogens (primary N) is 1. The lowest BCUT2D eigenvalue weighted by molar-refractivity contribution is 0.0216. The van der Waals surface area contributed by atoms with E-state index in [0.29, 0.717) is 30.4 Å². The summed E-state index contributed by atoms with van der Waals surface area (Å²) in [7, 11) is 0. The molecule has 0 atom stereocenters. The molecule has 6 nitrogen and oxygen atoms in total. The van der Waals surface area contributed by atoms with Crippen molar-refractivity contribution in [2.24, 2.45) is 5.73 Å². The number of fused-ring (bicyclic) bond motifs is 1. The first kappa shape index (κ1) is 21.6. The Balaban J connectivity index is 1.87. The number of aryl methyl sites for hydroxylation is 1. The van der Waals surface area contributed by atoms with Crippen molar-refractivity contribution in [3.8, 4) is 5.75 Å². The maximum Gasteiger partial charge on any atom is 0.410 e. The SMILES string of the molecule is CC1=C(N)Nc2cc(CN(Cc3cccc(C)c3C)C(=O)OC(C)(C)C)ccc2O1. The number of hydrogen-bond donors (Lipinski definition) is 2. The van der Waals surface area contributed by atoms with Gasteiger partial charge in [0.15, 0.2) is 5.75 Å². The summed E-state index contributed by atoms with van der Waals surface area (Å²) in [5, 5.41) is 3.15. The fraction of sp³-hybridized carbons (Fsp3) is 0.375. The number of benzene rings is 2. The lowest BCUT2D eigenvalue weighted by Gasteiger charge is -2.29. The molecule has 0 aromatic heterocycles. The largest absolute Gasteiger partial charge is 0.456 e. The number of nitrogens with one attached hydrogen (secondary N) is 1. The van der Waals surface area contributed by atoms with E-state index in [2.05, 4.69) is 31.3 Å². The Labute approximate surface area is 178 Å². The third kappa shape index (κ3) is 5.06. The van der Waals surface area contributed by atoms with Crippen molar-refractivity contribution in [1.82, 2.24) is 4.90 Å². The van der Waals surface area contributed by atoms with Crippen LogP contribution in [0.25, 0.3) is 0 Å². The Morgan fingerprint density at radius 3 is 2.57 bits per heavy atom. The van der Waals surface area contributed by atoms with Crippen LogP contribution in [0, 0.1) is 13.8 Å². The molecule has 0 fully saturated rings. The molecule has 2 aromatic carbocycles. The van der Waals surface area contributed by atoms with E-state index >= 15 is 0 Å². The van der Waals surface area contributed by atoms with Gasteiger partial charge in [0.25, 0.3) is 0 Å². The summed E-state index contributed by atoms with van der Waals surface area (Å²) in [6.45, 7) is 12.5. The van der Waals surface area contributed by atoms with Gasteiger partial charge in [-0.1, -0.05) is 24.3 Å². The van der Waals surface area contributed by atoms with Crippen LogP contribution in [0.1, 0.15) is 49.9 Å². The average molecular weight is 410 g/mol. The summed E-state index contributed by atoms with van der Waals surface area (Å²) in [5.74, 6) is 1.84. The molecular weight excluding hydrogens is 378 g/mol. The Bertz CT molecular complexity index is 990. The number of anilines is 1. The molecule has 1 heterocycles. The molecule has 30 heavy (non-hydrogen) atoms. The zero-order valence-electron chi connectivity index (χ0n) is 18.6. The summed E-state index contributed by atoms with van der Waals surface area (Å²) in [6.07, 6.45) is -0.347. The smallest absolute Gasteiger partial charge is 0.410 e. The number of nitrogens with zero attached hydrogens (tertiary/aromatic N) is 1. The van der Waals surface area contributed by atoms with Crippen LogP contribution in [0.2, 0.25) is 0 Å². The van der Waals surface area contributed by atoms with Crippen molar-refractivity contribution in [3.63, 3.8) is 0 Å². The van der Waals surface area contributed by atoms with Crippen LogP contribution in [-0.4, -0.2) is 16.6 Å². The predicted molar refractivity (Wildman–Crippen MR) is 119 cm³/mol. The van der Waals surface area contributed by atoms with Crippen molar-refractivity contribution in [3.05, 3.63) is 70.2 Å². The summed E-state index contributed by atoms with van der Waals surface area (Å²) in [4.78, 5) is 14.7. The molecule has 0 saturated heterocycles. The third-order valence-electron chi connectivity index (χ3n) is 5.06. The number of allylic oxidation sites excluding steroid dienone is 1. The van der Waals surface area contributed by atoms with Crippen LogP contribution in [0.4, 0.5) is 10.5 Å². The highest BCUT2D eigenvalue weighted by atomic mass is 16.6. The van der Waals surface area contributed by atoms with E-state index < -0.39 is 5.60 Å². The minimum Gasteiger partial charge on any atom is -0.456 e. The van der Waals surface area contributed by atoms with E-state index in [1.165, 1.54) is 11.1 Å². The third-order valence-corrected chi connectivity index (χ3v) is 5.06. The highest BCUT2D eigenvalue weighted by Crippen LogP contribution is 2.32. The molecule has 3 rings (SSSR count). The van der Waals surface area contributed by atoms with E-state index in [1.54, 1.807) is 4.90 Å². The van der Waals surface area contributed by atoms with Crippen LogP contribution in [0.5, 0.6) is 5.75 Å². The highest BCUT2D eigenvalue weighted by Gasteiger charge is 2.24. The number of carbonyl (C=O) groups is 1. The topological polar surface area (TPSA) is 76.8 Å². The van der Waals surface area contributed by atoms with E-state index in [0.717, 1.165) is 16.8 Å². The zero-order chi connectivity index (χ0) is 22.1. The molecule has 0 radical (unpaired) electrons. The van der Waals surface area contributed by atoms with Gasteiger partial charge >= 0.3 is 6.09 Å². The number of carbonyl (C=O) groups excluding carboxylic acids is 1. The van der Waals surface area contributed by atoms with E-state index in [1.807, 2.05) is 52.0 Å². The average Bonchev–Trinajstić information content (AvgIpc) is 2.64. The summed E-state index contributed by atoms with van der Waals surface area (Å²) >= 11 is 0. The molecule has 3 N–H and O–H groups in total. The van der Waals surface area contributed by atoms with Gasteiger partial charge in [-0.3, -0.25) is 4.90 Å². The number of amides is 1. The minimum atomic E-state index is -0.570. The molecule has 1 aliphatic heterocycles. The van der Waals surface area contributed by atoms with E-state index in [4.69, 9.17) is 15.2 Å². The summed E-state index contributed by atoms with van der Waals surface area (Å²) in [5.41, 5.74) is 10.6. The zero-order valence-corrected chi connectivity index (χ0v) is 18.6. The van der Waals surface area contributed by atoms with E-state index in [9.17, 15) is 4.79 Å². The van der Waals surface area contributed by atoms with Crippen molar-refractivity contribution >= 4 is 11.8 Å². The maximum atomic E-state index is 13.0. The Hall–Kier alpha value is -3.15. The fourth-order valence-electron chi connectivity index (χ4n) is 3.24. The monoisotopic (exact) mass is 409 g/mol. The van der Waals surface area contributed by atoms with Crippen molar-refractivity contribution in [2.45, 2.75) is 60.2 Å². The molecule has 6 heteroatoms. The Kier molecular flexibility index (Phi) is 5.97. The predicted octanol–water partition coefficient (Wildman–Crippen LogP) is 5.19. The van der Waals surface area contributed by atoms with Gasteiger partial charge in [-0.2, -0.15) is 0 Å². The Morgan fingerprint density at radius 1 is 1.13 bits per heavy atom. The molecule has 0 saturated carbocycles. The van der Waals surface area contributed by atoms with Crippen molar-refractivity contribution in [1.29, 1.82) is 0 Å². The Morgan fingerprint density at radius 2 is 1.87 bits per heavy atom. The molecule has 0 unspecified atom stereocenters. The molecule has 0 bridgehead atoms. The van der Waals surface area contributed by atoms with Crippen molar-refractivity contribution in [2.75, 3.05) is 5.32 Å². The second kappa shape index (κ2) is 8.30. The van der Waals surface area contributed by atoms with Crippen molar-refractivity contribution < 1.29 is 14.3 Å². The molecule has 0 aliphatic carbocycles. The fourth-order valence-corrected chi connectivity index (χ4v) is 3.24. The highest BCUT2D eigenvalue weighted by molar-refractivity contribution is 5.69. The molecular formula is C24H31N3O3. The lowest BCUT2D eigenvalue weighted by atomic mass is 10.0. The first-order valence-electron chi connectivity index (χ1n) is 10.1. The van der Waals surface area contributed by atoms with Gasteiger partial charge in [0, 0.05) is 13.1 Å². The van der Waals surface area contributed by atoms with Gasteiger partial charge in [0.05, 0.1) is 5.69 Å². The minimum absolute atomic E-state index is 0.347. The van der Waals surface area contributed by atoms with Crippen LogP contribution >= 0.6 is 0 Å². The van der Waals surface area contributed by atoms with Gasteiger partial charge in [0.2, 0.25) is 0 Å². The first-order chi connectivity index (χ1) is 14.0. The standard InChI is InChI=1S/C24H31N3O3/c1-15-8-7-9-19(16(15)2)14-27(23(28)30-24(4,5)6)13-18-10-11-21-20(12-18)26-22(25)17(3)29-21/h7-12,26H,13-14,25H2,1-6H3. The van der Waals surface area contributed by atoms with Gasteiger partial charge in [-0.15, -0.1) is 0 Å². The molecule has 160 valence electrons. The van der Waals surface area contributed by atoms with Gasteiger partial charge in [-0.25, -0.2) is 4.79 Å². The number of rotatable bonds is 4. The number of ether oxygens (including phenoxy) is 2. The van der Waals surface area contributed by atoms with Crippen LogP contribution < -0.4 is 15.8 Å². The molecule has 1 amide bonds. The first-order valence-corrected chi connectivity index (χ1v) is 10.1. The molecule has 0 spiro atoms. The molecule has 2 aromatic rings. The second-order valence-corrected chi connectivity index (χ2v) is 8.72. The lowest BCUT2D eigenvalue weighted by Crippen LogP contribution is -2.36. The van der Waals surface area contributed by atoms with Gasteiger partial charge in [0.1, 0.15) is 17.2 Å². The van der Waals surface area contributed by atoms with Gasteiger partial charge < -0.3 is 20.5 Å². The molecule has 1 aliphatic rings. The maximum absolute atomic E-state index is 13.0. The second-order valence-electron chi connectivity index (χ2n) is 8.72. The van der Waals surface area contributed by atoms with E-state index in [-0.39, 0.29) is 6.09 Å². The summed E-state index contributed by atoms with van der Waals surface area (Å²) in [6, 6.07) is 11.9. The quantitative estimate of drug-likeness (QED) is 0.726. The summed E-state index contributed by atoms with van der Waals surface area (Å²) < 4.78 is 11.4. The number of hydrogen-bond acceptors (Lipinski definition) is 5. The van der Waals surface area contributed by atoms with Gasteiger partial charge in [-0.05, 0) is 75.9 Å². The van der Waals surface area contributed by atoms with Crippen LogP contribution in [-0.2, 0) is 17.8 Å².